The zero-order valence-electron chi connectivity index (χ0n) is 40.2. The molecule has 13 heteroatoms. The van der Waals surface area contributed by atoms with Crippen molar-refractivity contribution in [1.29, 1.82) is 0 Å². The number of hydrogen-bond acceptors (Lipinski definition) is 7. The van der Waals surface area contributed by atoms with Gasteiger partial charge in [0.25, 0.3) is 0 Å². The first-order valence-electron chi connectivity index (χ1n) is 23.8. The third-order valence-corrected chi connectivity index (χ3v) is 17.7. The molecule has 12 rings (SSSR count). The Hall–Kier alpha value is -7.81. The molecule has 0 saturated carbocycles. The lowest BCUT2D eigenvalue weighted by molar-refractivity contribution is -0.268. The normalized spacial score (nSPS) is 15.0. The van der Waals surface area contributed by atoms with Gasteiger partial charge in [-0.15, -0.1) is 0 Å². The summed E-state index contributed by atoms with van der Waals surface area (Å²) in [6, 6.07) is 85.1. The van der Waals surface area contributed by atoms with E-state index in [1.165, 1.54) is 53.6 Å². The Morgan fingerprint density at radius 2 is 0.787 bits per heavy atom. The predicted molar refractivity (Wildman–Crippen MR) is 286 cm³/mol. The van der Waals surface area contributed by atoms with Crippen molar-refractivity contribution in [2.75, 3.05) is 6.61 Å². The lowest BCUT2D eigenvalue weighted by atomic mass is 9.59. The molecule has 9 aromatic carbocycles. The Bertz CT molecular complexity index is 3040. The number of carboxylic acid groups (broad SMARTS) is 1. The van der Waals surface area contributed by atoms with Gasteiger partial charge in [-0.3, -0.25) is 4.79 Å². The van der Waals surface area contributed by atoms with E-state index in [-0.39, 0.29) is 39.2 Å². The molecule has 0 aliphatic heterocycles. The van der Waals surface area contributed by atoms with Crippen molar-refractivity contribution in [2.24, 2.45) is 5.92 Å². The summed E-state index contributed by atoms with van der Waals surface area (Å²) in [5.41, 5.74) is 3.90. The molecule has 2 bridgehead atoms. The first-order chi connectivity index (χ1) is 36.3. The van der Waals surface area contributed by atoms with Crippen LogP contribution in [-0.4, -0.2) is 41.9 Å². The number of esters is 1. The molecule has 0 heterocycles. The maximum atomic E-state index is 13.3. The molecular formula is C62H50F2O8S3. The SMILES string of the molecule is O=C(O)c1ccccc1[O-].O=C(OCC(F)(F)S(=O)(=O)[O-])C1CC2c3ccccc3C1c1ccccc12.c1ccc([S+](c2ccccc2)c2ccccc2)cc1.c1ccc([S+](c2ccccc2)c2ccccc2)cc1. The van der Waals surface area contributed by atoms with Gasteiger partial charge in [0.15, 0.2) is 46.1 Å². The number of ether oxygens (including phenoxy) is 1. The second kappa shape index (κ2) is 24.9. The number of halogens is 2. The Morgan fingerprint density at radius 1 is 0.493 bits per heavy atom. The second-order valence-corrected chi connectivity index (χ2v) is 22.7. The minimum Gasteiger partial charge on any atom is -0.872 e. The highest BCUT2D eigenvalue weighted by Crippen LogP contribution is 2.55. The van der Waals surface area contributed by atoms with Crippen LogP contribution in [0.3, 0.4) is 0 Å². The average molecular weight is 1060 g/mol. The number of aromatic carboxylic acids is 1. The molecule has 3 aliphatic rings. The topological polar surface area (TPSA) is 144 Å². The van der Waals surface area contributed by atoms with Crippen molar-refractivity contribution in [3.05, 3.63) is 283 Å². The van der Waals surface area contributed by atoms with E-state index in [1.54, 1.807) is 0 Å². The first-order valence-corrected chi connectivity index (χ1v) is 27.6. The van der Waals surface area contributed by atoms with Gasteiger partial charge in [0.1, 0.15) is 0 Å². The molecule has 0 spiro atoms. The van der Waals surface area contributed by atoms with Gasteiger partial charge >= 0.3 is 17.2 Å². The highest BCUT2D eigenvalue weighted by Gasteiger charge is 2.48. The van der Waals surface area contributed by atoms with Crippen LogP contribution in [0.2, 0.25) is 0 Å². The fourth-order valence-corrected chi connectivity index (χ4v) is 13.4. The lowest BCUT2D eigenvalue weighted by Gasteiger charge is -2.44. The number of fused-ring (bicyclic) bond motifs is 1. The van der Waals surface area contributed by atoms with Gasteiger partial charge in [-0.05, 0) is 108 Å². The Labute approximate surface area is 441 Å². The molecule has 0 fully saturated rings. The number of hydrogen-bond donors (Lipinski definition) is 1. The van der Waals surface area contributed by atoms with Crippen molar-refractivity contribution in [1.82, 2.24) is 0 Å². The minimum absolute atomic E-state index is 0.0146. The summed E-state index contributed by atoms with van der Waals surface area (Å²) in [5, 5.41) is 14.4. The van der Waals surface area contributed by atoms with Crippen LogP contribution in [0.4, 0.5) is 8.78 Å². The highest BCUT2D eigenvalue weighted by molar-refractivity contribution is 7.97. The molecule has 0 amide bonds. The van der Waals surface area contributed by atoms with Crippen molar-refractivity contribution in [2.45, 2.75) is 52.9 Å². The number of carbonyl (C=O) groups excluding carboxylic acids is 1. The van der Waals surface area contributed by atoms with Gasteiger partial charge < -0.3 is 19.5 Å². The van der Waals surface area contributed by atoms with E-state index in [1.807, 2.05) is 48.5 Å². The van der Waals surface area contributed by atoms with Gasteiger partial charge in [0.2, 0.25) is 0 Å². The number of carbonyl (C=O) groups is 2. The summed E-state index contributed by atoms with van der Waals surface area (Å²) in [5.74, 6) is -3.68. The smallest absolute Gasteiger partial charge is 0.367 e. The van der Waals surface area contributed by atoms with Crippen LogP contribution >= 0.6 is 0 Å². The zero-order valence-corrected chi connectivity index (χ0v) is 42.6. The van der Waals surface area contributed by atoms with E-state index in [0.717, 1.165) is 22.3 Å². The van der Waals surface area contributed by atoms with Gasteiger partial charge in [-0.2, -0.15) is 8.78 Å². The van der Waals surface area contributed by atoms with Crippen LogP contribution in [0.5, 0.6) is 5.75 Å². The number of alkyl halides is 2. The van der Waals surface area contributed by atoms with E-state index < -0.39 is 45.6 Å². The van der Waals surface area contributed by atoms with Crippen LogP contribution in [0.1, 0.15) is 50.9 Å². The molecule has 3 aliphatic carbocycles. The first kappa shape index (κ1) is 53.5. The number of para-hydroxylation sites is 1. The summed E-state index contributed by atoms with van der Waals surface area (Å²) >= 11 is 0. The van der Waals surface area contributed by atoms with Crippen LogP contribution in [0.25, 0.3) is 0 Å². The van der Waals surface area contributed by atoms with Crippen LogP contribution in [-0.2, 0) is 41.4 Å². The van der Waals surface area contributed by atoms with Crippen molar-refractivity contribution < 1.29 is 46.3 Å². The largest absolute Gasteiger partial charge is 0.872 e. The summed E-state index contributed by atoms with van der Waals surface area (Å²) in [4.78, 5) is 30.9. The van der Waals surface area contributed by atoms with Crippen molar-refractivity contribution >= 4 is 43.8 Å². The van der Waals surface area contributed by atoms with Crippen LogP contribution in [0.15, 0.2) is 284 Å². The molecule has 0 radical (unpaired) electrons. The van der Waals surface area contributed by atoms with E-state index in [4.69, 9.17) is 5.11 Å². The minimum atomic E-state index is -5.90. The fourth-order valence-electron chi connectivity index (χ4n) is 9.00. The third-order valence-electron chi connectivity index (χ3n) is 12.3. The van der Waals surface area contributed by atoms with Crippen LogP contribution < -0.4 is 5.11 Å². The molecule has 1 unspecified atom stereocenters. The summed E-state index contributed by atoms with van der Waals surface area (Å²) in [7, 11) is -5.93. The van der Waals surface area contributed by atoms with E-state index in [0.29, 0.717) is 6.42 Å². The Morgan fingerprint density at radius 3 is 1.08 bits per heavy atom. The summed E-state index contributed by atoms with van der Waals surface area (Å²) in [6.45, 7) is -1.77. The van der Waals surface area contributed by atoms with Gasteiger partial charge in [-0.25, -0.2) is 13.2 Å². The quantitative estimate of drug-likeness (QED) is 0.0766. The predicted octanol–water partition coefficient (Wildman–Crippen LogP) is 13.0. The molecule has 0 aromatic heterocycles. The van der Waals surface area contributed by atoms with E-state index in [9.17, 15) is 36.4 Å². The van der Waals surface area contributed by atoms with Crippen molar-refractivity contribution in [3.8, 4) is 5.75 Å². The number of carboxylic acids is 1. The molecule has 378 valence electrons. The molecular weight excluding hydrogens is 1010 g/mol. The monoisotopic (exact) mass is 1060 g/mol. The van der Waals surface area contributed by atoms with E-state index in [2.05, 4.69) is 187 Å². The average Bonchev–Trinajstić information content (AvgIpc) is 3.45. The molecule has 1 N–H and O–H groups in total. The number of rotatable bonds is 11. The third kappa shape index (κ3) is 13.1. The molecule has 8 nitrogen and oxygen atoms in total. The number of benzene rings is 9. The summed E-state index contributed by atoms with van der Waals surface area (Å²) < 4.78 is 63.1. The summed E-state index contributed by atoms with van der Waals surface area (Å²) in [6.07, 6.45) is 0.382. The highest BCUT2D eigenvalue weighted by atomic mass is 32.2. The molecule has 9 aromatic rings. The van der Waals surface area contributed by atoms with Gasteiger partial charge in [0.05, 0.1) is 33.3 Å². The fraction of sp³-hybridized carbons (Fsp3) is 0.0968. The van der Waals surface area contributed by atoms with E-state index >= 15 is 0 Å². The Balaban J connectivity index is 0.000000139. The van der Waals surface area contributed by atoms with Crippen molar-refractivity contribution in [3.63, 3.8) is 0 Å². The lowest BCUT2D eigenvalue weighted by Crippen LogP contribution is -2.40. The Kier molecular flexibility index (Phi) is 17.8. The molecule has 0 saturated heterocycles. The zero-order chi connectivity index (χ0) is 52.8. The molecule has 1 atom stereocenters. The van der Waals surface area contributed by atoms with Gasteiger partial charge in [-0.1, -0.05) is 182 Å². The van der Waals surface area contributed by atoms with Gasteiger partial charge in [0, 0.05) is 11.8 Å². The molecule has 75 heavy (non-hydrogen) atoms. The standard InChI is InChI=1S/C19H16F2O5S.2C18H15S.C7H6O3/c20-19(21,27(23,24)25)10-26-18(22)16-9-15-11-5-1-3-7-13(11)17(16)14-8-4-2-6-12(14)15;2*1-4-10-16(11-5-1)19(17-12-6-2-7-13-17)18-14-8-3-9-15-18;8-6-4-2-1-3-5(6)7(9)10/h1-8,15-17H,9-10H2,(H,23,24,25);2*1-15H;1-4,8H,(H,9,10)/q;2*+1;/p-2. The maximum absolute atomic E-state index is 13.3. The van der Waals surface area contributed by atoms with Crippen LogP contribution in [0, 0.1) is 5.92 Å². The second-order valence-electron chi connectivity index (χ2n) is 17.1. The maximum Gasteiger partial charge on any atom is 0.367 e.